The second-order valence-corrected chi connectivity index (χ2v) is 11.5. The molecule has 0 unspecified atom stereocenters. The van der Waals surface area contributed by atoms with E-state index in [-0.39, 0.29) is 17.5 Å². The van der Waals surface area contributed by atoms with Gasteiger partial charge in [-0.1, -0.05) is 30.3 Å². The highest BCUT2D eigenvalue weighted by atomic mass is 32.2. The number of aryl methyl sites for hydroxylation is 1. The number of hydrogen-bond acceptors (Lipinski definition) is 6. The molecule has 186 valence electrons. The Morgan fingerprint density at radius 1 is 1.03 bits per heavy atom. The van der Waals surface area contributed by atoms with E-state index < -0.39 is 15.4 Å². The summed E-state index contributed by atoms with van der Waals surface area (Å²) in [6.45, 7) is 3.91. The van der Waals surface area contributed by atoms with Gasteiger partial charge in [-0.05, 0) is 68.1 Å². The standard InChI is InChI=1S/C28H28N2O5S/c1-5-22(27(31)28(13-14-28)20-9-12-25-26(16-20)35-17-34-25)24-11-10-23(18(2)29-24)19-7-6-8-21(15-19)36(32,33)30(3)4/h5-12,15-16H,13-14,17H2,1-4H3/b22-5-. The molecule has 2 aromatic carbocycles. The van der Waals surface area contributed by atoms with Crippen molar-refractivity contribution in [3.8, 4) is 22.6 Å². The molecule has 2 heterocycles. The van der Waals surface area contributed by atoms with Gasteiger partial charge in [0.15, 0.2) is 17.3 Å². The molecule has 1 fully saturated rings. The summed E-state index contributed by atoms with van der Waals surface area (Å²) < 4.78 is 37.3. The molecule has 2 aliphatic rings. The fourth-order valence-corrected chi connectivity index (χ4v) is 5.62. The third kappa shape index (κ3) is 4.00. The third-order valence-electron chi connectivity index (χ3n) is 6.93. The number of nitrogens with zero attached hydrogens (tertiary/aromatic N) is 2. The molecule has 8 heteroatoms. The van der Waals surface area contributed by atoms with Gasteiger partial charge in [0, 0.05) is 30.9 Å². The molecule has 0 bridgehead atoms. The lowest BCUT2D eigenvalue weighted by Crippen LogP contribution is -2.22. The summed E-state index contributed by atoms with van der Waals surface area (Å²) in [5.74, 6) is 1.41. The quantitative estimate of drug-likeness (QED) is 0.432. The monoisotopic (exact) mass is 504 g/mol. The number of benzene rings is 2. The summed E-state index contributed by atoms with van der Waals surface area (Å²) in [6, 6.07) is 16.3. The summed E-state index contributed by atoms with van der Waals surface area (Å²) in [5.41, 5.74) is 3.81. The number of ketones is 1. The first kappa shape index (κ1) is 24.2. The Morgan fingerprint density at radius 3 is 2.44 bits per heavy atom. The molecule has 7 nitrogen and oxygen atoms in total. The molecular weight excluding hydrogens is 476 g/mol. The Balaban J connectivity index is 1.46. The van der Waals surface area contributed by atoms with Gasteiger partial charge in [-0.2, -0.15) is 0 Å². The average molecular weight is 505 g/mol. The number of hydrogen-bond donors (Lipinski definition) is 0. The van der Waals surface area contributed by atoms with E-state index in [0.29, 0.717) is 28.5 Å². The summed E-state index contributed by atoms with van der Waals surface area (Å²) in [6.07, 6.45) is 3.36. The molecule has 36 heavy (non-hydrogen) atoms. The molecule has 1 aliphatic heterocycles. The molecule has 0 amide bonds. The van der Waals surface area contributed by atoms with Crippen LogP contribution in [0.2, 0.25) is 0 Å². The van der Waals surface area contributed by atoms with Crippen molar-refractivity contribution in [3.63, 3.8) is 0 Å². The highest BCUT2D eigenvalue weighted by molar-refractivity contribution is 7.89. The minimum atomic E-state index is -3.55. The summed E-state index contributed by atoms with van der Waals surface area (Å²) >= 11 is 0. The highest BCUT2D eigenvalue weighted by Crippen LogP contribution is 2.53. The highest BCUT2D eigenvalue weighted by Gasteiger charge is 2.52. The number of allylic oxidation sites excluding steroid dienone is 2. The predicted octanol–water partition coefficient (Wildman–Crippen LogP) is 4.74. The fraction of sp³-hybridized carbons (Fsp3) is 0.286. The van der Waals surface area contributed by atoms with Gasteiger partial charge in [-0.15, -0.1) is 0 Å². The van der Waals surface area contributed by atoms with E-state index >= 15 is 0 Å². The Labute approximate surface area is 211 Å². The first-order chi connectivity index (χ1) is 17.2. The van der Waals surface area contributed by atoms with Gasteiger partial charge in [0.05, 0.1) is 16.0 Å². The van der Waals surface area contributed by atoms with Crippen molar-refractivity contribution in [1.29, 1.82) is 0 Å². The van der Waals surface area contributed by atoms with Crippen LogP contribution in [0.4, 0.5) is 0 Å². The third-order valence-corrected chi connectivity index (χ3v) is 8.74. The molecule has 1 aliphatic carbocycles. The lowest BCUT2D eigenvalue weighted by molar-refractivity contribution is -0.116. The van der Waals surface area contributed by atoms with E-state index in [4.69, 9.17) is 14.5 Å². The number of carbonyl (C=O) groups is 1. The van der Waals surface area contributed by atoms with Crippen LogP contribution in [0.5, 0.6) is 11.5 Å². The maximum absolute atomic E-state index is 13.8. The SMILES string of the molecule is C/C=C(\C(=O)C1(c2ccc3c(c2)OCO3)CC1)c1ccc(-c2cccc(S(=O)(=O)N(C)C)c2)c(C)n1. The van der Waals surface area contributed by atoms with Crippen LogP contribution in [0.3, 0.4) is 0 Å². The topological polar surface area (TPSA) is 85.8 Å². The number of ether oxygens (including phenoxy) is 2. The molecule has 3 aromatic rings. The number of sulfonamides is 1. The van der Waals surface area contributed by atoms with E-state index in [0.717, 1.165) is 29.5 Å². The minimum Gasteiger partial charge on any atom is -0.454 e. The normalized spacial score (nSPS) is 16.3. The summed E-state index contributed by atoms with van der Waals surface area (Å²) in [4.78, 5) is 18.8. The zero-order chi connectivity index (χ0) is 25.7. The fourth-order valence-electron chi connectivity index (χ4n) is 4.67. The molecule has 1 saturated carbocycles. The average Bonchev–Trinajstić information content (AvgIpc) is 3.55. The molecule has 1 aromatic heterocycles. The number of pyridine rings is 1. The van der Waals surface area contributed by atoms with Gasteiger partial charge in [-0.3, -0.25) is 9.78 Å². The van der Waals surface area contributed by atoms with Crippen molar-refractivity contribution in [2.45, 2.75) is 37.0 Å². The van der Waals surface area contributed by atoms with Crippen LogP contribution in [0.1, 0.15) is 36.7 Å². The molecule has 0 spiro atoms. The largest absolute Gasteiger partial charge is 0.454 e. The van der Waals surface area contributed by atoms with Crippen molar-refractivity contribution >= 4 is 21.4 Å². The zero-order valence-corrected chi connectivity index (χ0v) is 21.6. The van der Waals surface area contributed by atoms with Gasteiger partial charge in [0.2, 0.25) is 16.8 Å². The van der Waals surface area contributed by atoms with E-state index in [9.17, 15) is 13.2 Å². The number of rotatable bonds is 7. The number of fused-ring (bicyclic) bond motifs is 1. The van der Waals surface area contributed by atoms with Crippen LogP contribution in [0.15, 0.2) is 65.6 Å². The molecule has 0 atom stereocenters. The van der Waals surface area contributed by atoms with Gasteiger partial charge in [0.1, 0.15) is 0 Å². The van der Waals surface area contributed by atoms with Gasteiger partial charge < -0.3 is 9.47 Å². The van der Waals surface area contributed by atoms with Crippen LogP contribution in [-0.2, 0) is 20.2 Å². The number of aromatic nitrogens is 1. The minimum absolute atomic E-state index is 0.0441. The predicted molar refractivity (Wildman–Crippen MR) is 137 cm³/mol. The van der Waals surface area contributed by atoms with Crippen molar-refractivity contribution in [3.05, 3.63) is 77.6 Å². The van der Waals surface area contributed by atoms with Crippen LogP contribution in [-0.4, -0.2) is 44.4 Å². The molecule has 0 saturated heterocycles. The van der Waals surface area contributed by atoms with Crippen LogP contribution in [0, 0.1) is 6.92 Å². The Kier molecular flexibility index (Phi) is 5.97. The van der Waals surface area contributed by atoms with Crippen molar-refractivity contribution < 1.29 is 22.7 Å². The van der Waals surface area contributed by atoms with E-state index in [1.807, 2.05) is 56.3 Å². The number of Topliss-reactive ketones (excluding diaryl/α,β-unsaturated/α-hetero) is 1. The second kappa shape index (κ2) is 8.87. The van der Waals surface area contributed by atoms with Crippen LogP contribution < -0.4 is 9.47 Å². The van der Waals surface area contributed by atoms with E-state index in [1.54, 1.807) is 18.2 Å². The number of carbonyl (C=O) groups excluding carboxylic acids is 1. The van der Waals surface area contributed by atoms with Crippen molar-refractivity contribution in [1.82, 2.24) is 9.29 Å². The first-order valence-electron chi connectivity index (χ1n) is 11.8. The Morgan fingerprint density at radius 2 is 1.78 bits per heavy atom. The lowest BCUT2D eigenvalue weighted by Gasteiger charge is -2.18. The molecular formula is C28H28N2O5S. The summed E-state index contributed by atoms with van der Waals surface area (Å²) in [5, 5.41) is 0. The smallest absolute Gasteiger partial charge is 0.242 e. The van der Waals surface area contributed by atoms with Crippen LogP contribution in [0.25, 0.3) is 16.7 Å². The van der Waals surface area contributed by atoms with E-state index in [1.165, 1.54) is 18.4 Å². The molecule has 5 rings (SSSR count). The molecule has 0 N–H and O–H groups in total. The van der Waals surface area contributed by atoms with Gasteiger partial charge in [0.25, 0.3) is 0 Å². The maximum atomic E-state index is 13.8. The Bertz CT molecular complexity index is 1500. The summed E-state index contributed by atoms with van der Waals surface area (Å²) in [7, 11) is -0.536. The van der Waals surface area contributed by atoms with E-state index in [2.05, 4.69) is 0 Å². The van der Waals surface area contributed by atoms with Crippen molar-refractivity contribution in [2.75, 3.05) is 20.9 Å². The van der Waals surface area contributed by atoms with Crippen LogP contribution >= 0.6 is 0 Å². The van der Waals surface area contributed by atoms with Crippen molar-refractivity contribution in [2.24, 2.45) is 0 Å². The second-order valence-electron chi connectivity index (χ2n) is 9.33. The molecule has 0 radical (unpaired) electrons. The lowest BCUT2D eigenvalue weighted by atomic mass is 9.85. The van der Waals surface area contributed by atoms with Gasteiger partial charge >= 0.3 is 0 Å². The maximum Gasteiger partial charge on any atom is 0.242 e. The van der Waals surface area contributed by atoms with Gasteiger partial charge in [-0.25, -0.2) is 12.7 Å². The zero-order valence-electron chi connectivity index (χ0n) is 20.7. The Hall–Kier alpha value is -3.49. The first-order valence-corrected chi connectivity index (χ1v) is 13.2.